The van der Waals surface area contributed by atoms with Crippen LogP contribution in [0.4, 0.5) is 9.18 Å². The van der Waals surface area contributed by atoms with Crippen LogP contribution in [0.1, 0.15) is 11.3 Å². The lowest BCUT2D eigenvalue weighted by molar-refractivity contribution is -0.150. The van der Waals surface area contributed by atoms with Gasteiger partial charge in [0.2, 0.25) is 5.54 Å². The van der Waals surface area contributed by atoms with Gasteiger partial charge < -0.3 is 23.7 Å². The summed E-state index contributed by atoms with van der Waals surface area (Å²) in [6, 6.07) is 15.2. The van der Waals surface area contributed by atoms with Gasteiger partial charge in [0.15, 0.2) is 0 Å². The zero-order valence-corrected chi connectivity index (χ0v) is 27.3. The van der Waals surface area contributed by atoms with Crippen LogP contribution in [-0.2, 0) is 47.2 Å². The first-order valence-corrected chi connectivity index (χ1v) is 16.2. The second-order valence-corrected chi connectivity index (χ2v) is 11.3. The number of carbonyl (C=O) groups is 3. The van der Waals surface area contributed by atoms with Gasteiger partial charge in [-0.05, 0) is 29.8 Å². The van der Waals surface area contributed by atoms with Crippen molar-refractivity contribution in [3.8, 4) is 11.5 Å². The number of urea groups is 1. The number of aromatic nitrogens is 3. The summed E-state index contributed by atoms with van der Waals surface area (Å²) in [5, 5.41) is 12.3. The number of nitrogens with zero attached hydrogens (tertiary/aromatic N) is 5. The number of imide groups is 2. The molecule has 16 heteroatoms. The number of hydrogen-bond acceptors (Lipinski definition) is 12. The molecule has 1 aromatic heterocycles. The summed E-state index contributed by atoms with van der Waals surface area (Å²) < 4.78 is 41.9. The Bertz CT molecular complexity index is 1470. The largest absolute Gasteiger partial charge is 0.457 e. The lowest BCUT2D eigenvalue weighted by atomic mass is 9.84. The van der Waals surface area contributed by atoms with Gasteiger partial charge in [0, 0.05) is 32.7 Å². The van der Waals surface area contributed by atoms with E-state index in [4.69, 9.17) is 23.7 Å². The molecule has 0 atom stereocenters. The summed E-state index contributed by atoms with van der Waals surface area (Å²) in [4.78, 5) is 42.9. The molecule has 2 aromatic carbocycles. The maximum atomic E-state index is 13.4. The van der Waals surface area contributed by atoms with Crippen LogP contribution in [0.2, 0.25) is 0 Å². The Hall–Kier alpha value is -4.32. The highest BCUT2D eigenvalue weighted by molar-refractivity contribution is 6.22. The average Bonchev–Trinajstić information content (AvgIpc) is 3.55. The van der Waals surface area contributed by atoms with Crippen LogP contribution in [-0.4, -0.2) is 128 Å². The molecular formula is C33H42FN7O8. The number of amides is 4. The fourth-order valence-corrected chi connectivity index (χ4v) is 5.58. The van der Waals surface area contributed by atoms with Crippen molar-refractivity contribution in [2.45, 2.75) is 18.7 Å². The van der Waals surface area contributed by atoms with Crippen LogP contribution in [0.3, 0.4) is 0 Å². The van der Waals surface area contributed by atoms with Crippen molar-refractivity contribution in [1.82, 2.24) is 35.4 Å². The van der Waals surface area contributed by atoms with Gasteiger partial charge in [0.1, 0.15) is 23.9 Å². The highest BCUT2D eigenvalue weighted by atomic mass is 18.2. The summed E-state index contributed by atoms with van der Waals surface area (Å²) >= 11 is 0. The molecule has 0 unspecified atom stereocenters. The van der Waals surface area contributed by atoms with E-state index >= 15 is 0 Å². The summed E-state index contributed by atoms with van der Waals surface area (Å²) in [5.74, 6) is -0.145. The van der Waals surface area contributed by atoms with Crippen molar-refractivity contribution in [3.63, 3.8) is 0 Å². The van der Waals surface area contributed by atoms with Crippen LogP contribution in [0.25, 0.3) is 0 Å². The minimum atomic E-state index is -1.70. The Morgan fingerprint density at radius 1 is 0.714 bits per heavy atom. The topological polar surface area (TPSA) is 159 Å². The van der Waals surface area contributed by atoms with E-state index < -0.39 is 30.1 Å². The first-order valence-electron chi connectivity index (χ1n) is 16.2. The molecule has 49 heavy (non-hydrogen) atoms. The average molecular weight is 683 g/mol. The molecule has 2 saturated heterocycles. The number of nitrogens with one attached hydrogen (secondary N) is 2. The third-order valence-corrected chi connectivity index (χ3v) is 8.03. The smallest absolute Gasteiger partial charge is 0.328 e. The van der Waals surface area contributed by atoms with E-state index in [0.717, 1.165) is 0 Å². The molecule has 3 aromatic rings. The van der Waals surface area contributed by atoms with Crippen molar-refractivity contribution in [1.29, 1.82) is 0 Å². The van der Waals surface area contributed by atoms with Crippen LogP contribution in [0.15, 0.2) is 60.8 Å². The predicted octanol–water partition coefficient (Wildman–Crippen LogP) is 1.49. The maximum absolute atomic E-state index is 13.4. The number of aryl methyl sites for hydroxylation is 1. The maximum Gasteiger partial charge on any atom is 0.328 e. The highest BCUT2D eigenvalue weighted by Crippen LogP contribution is 2.34. The Labute approximate surface area is 283 Å². The molecule has 0 bridgehead atoms. The van der Waals surface area contributed by atoms with Crippen LogP contribution >= 0.6 is 0 Å². The Kier molecular flexibility index (Phi) is 13.5. The number of barbiturate groups is 1. The normalized spacial score (nSPS) is 16.8. The van der Waals surface area contributed by atoms with E-state index in [1.54, 1.807) is 30.5 Å². The molecule has 264 valence electrons. The molecular weight excluding hydrogens is 640 g/mol. The fourth-order valence-electron chi connectivity index (χ4n) is 5.58. The first kappa shape index (κ1) is 36.0. The number of benzene rings is 2. The molecule has 0 radical (unpaired) electrons. The van der Waals surface area contributed by atoms with Crippen molar-refractivity contribution >= 4 is 17.8 Å². The van der Waals surface area contributed by atoms with E-state index in [0.29, 0.717) is 102 Å². The number of hydrogen-bond donors (Lipinski definition) is 2. The van der Waals surface area contributed by atoms with Gasteiger partial charge in [-0.2, -0.15) is 0 Å². The monoisotopic (exact) mass is 682 g/mol. The van der Waals surface area contributed by atoms with Gasteiger partial charge in [0.25, 0.3) is 11.8 Å². The Morgan fingerprint density at radius 3 is 1.94 bits per heavy atom. The quantitative estimate of drug-likeness (QED) is 0.131. The van der Waals surface area contributed by atoms with Gasteiger partial charge in [-0.1, -0.05) is 35.5 Å². The number of alkyl halides is 1. The first-order chi connectivity index (χ1) is 24.0. The van der Waals surface area contributed by atoms with E-state index in [2.05, 4.69) is 25.8 Å². The number of piperazine rings is 1. The summed E-state index contributed by atoms with van der Waals surface area (Å²) in [6.07, 6.45) is 1.65. The third-order valence-electron chi connectivity index (χ3n) is 8.03. The second kappa shape index (κ2) is 18.4. The standard InChI is InChI=1S/C33H42FN7O8/c34-10-11-41-24-27(37-38-41)25-48-23-22-47-21-20-46-19-18-45-17-16-39-12-14-40(15-13-39)33(30(42)35-32(44)36-31(33)43)26-6-8-29(9-7-26)49-28-4-2-1-3-5-28/h1-9,24H,10-23,25H2,(H2,35,36,42,43,44)/i34-1. The molecule has 3 heterocycles. The van der Waals surface area contributed by atoms with Crippen LogP contribution in [0.5, 0.6) is 11.5 Å². The lowest BCUT2D eigenvalue weighted by Crippen LogP contribution is -2.72. The molecule has 0 aliphatic carbocycles. The predicted molar refractivity (Wildman–Crippen MR) is 172 cm³/mol. The molecule has 0 saturated carbocycles. The molecule has 5 rings (SSSR count). The van der Waals surface area contributed by atoms with Gasteiger partial charge in [-0.15, -0.1) is 5.10 Å². The van der Waals surface area contributed by atoms with Gasteiger partial charge in [-0.25, -0.2) is 13.9 Å². The molecule has 0 spiro atoms. The van der Waals surface area contributed by atoms with Crippen molar-refractivity contribution in [2.75, 3.05) is 85.6 Å². The number of halogens is 1. The summed E-state index contributed by atoms with van der Waals surface area (Å²) in [5.41, 5.74) is -0.614. The second-order valence-electron chi connectivity index (χ2n) is 11.3. The molecule has 4 amide bonds. The molecule has 2 N–H and O–H groups in total. The van der Waals surface area contributed by atoms with E-state index in [-0.39, 0.29) is 13.2 Å². The number of rotatable bonds is 20. The van der Waals surface area contributed by atoms with Gasteiger partial charge in [-0.3, -0.25) is 30.0 Å². The van der Waals surface area contributed by atoms with Gasteiger partial charge in [0.05, 0.1) is 65.6 Å². The minimum Gasteiger partial charge on any atom is -0.457 e. The molecule has 15 nitrogen and oxygen atoms in total. The number of para-hydroxylation sites is 1. The summed E-state index contributed by atoms with van der Waals surface area (Å²) in [6.45, 7) is 5.75. The zero-order chi connectivity index (χ0) is 34.3. The Morgan fingerprint density at radius 2 is 1.31 bits per heavy atom. The lowest BCUT2D eigenvalue weighted by Gasteiger charge is -2.46. The fraction of sp³-hybridized carbons (Fsp3) is 0.485. The van der Waals surface area contributed by atoms with Crippen LogP contribution < -0.4 is 15.4 Å². The van der Waals surface area contributed by atoms with Crippen molar-refractivity contribution in [3.05, 3.63) is 72.1 Å². The third kappa shape index (κ3) is 9.87. The molecule has 2 fully saturated rings. The summed E-state index contributed by atoms with van der Waals surface area (Å²) in [7, 11) is 0. The highest BCUT2D eigenvalue weighted by Gasteiger charge is 2.56. The minimum absolute atomic E-state index is 0.180. The van der Waals surface area contributed by atoms with Crippen LogP contribution in [0, 0.1) is 0 Å². The van der Waals surface area contributed by atoms with E-state index in [9.17, 15) is 18.8 Å². The zero-order valence-electron chi connectivity index (χ0n) is 27.3. The SMILES string of the molecule is O=C1NC(=O)C(c2ccc(Oc3ccccc3)cc2)(N2CCN(CCOCCOCCOCCOCc3cn(CC[18F])nn3)CC2)C(=O)N1. The number of ether oxygens (including phenoxy) is 5. The van der Waals surface area contributed by atoms with E-state index in [1.165, 1.54) is 4.68 Å². The van der Waals surface area contributed by atoms with E-state index in [1.807, 2.05) is 35.2 Å². The van der Waals surface area contributed by atoms with Crippen molar-refractivity contribution in [2.24, 2.45) is 0 Å². The van der Waals surface area contributed by atoms with Crippen molar-refractivity contribution < 1.29 is 42.5 Å². The molecule has 2 aliphatic heterocycles. The molecule has 2 aliphatic rings. The Balaban J connectivity index is 0.970. The number of carbonyl (C=O) groups excluding carboxylic acids is 3. The van der Waals surface area contributed by atoms with Gasteiger partial charge >= 0.3 is 6.03 Å².